The van der Waals surface area contributed by atoms with Crippen LogP contribution in [0.5, 0.6) is 0 Å². The standard InChI is InChI=1S/C15H21N3O3S/c16-8-10-22-14(20)18-9-4-7-15(18,21)13(19)17-11-12-5-2-1-3-6-12/h1-3,5-6,21H,4,7-11,16H2,(H,17,19). The van der Waals surface area contributed by atoms with Crippen molar-refractivity contribution in [1.29, 1.82) is 0 Å². The smallest absolute Gasteiger partial charge is 0.284 e. The summed E-state index contributed by atoms with van der Waals surface area (Å²) >= 11 is 1.03. The Bertz CT molecular complexity index is 526. The molecule has 0 radical (unpaired) electrons. The molecule has 1 unspecified atom stereocenters. The van der Waals surface area contributed by atoms with E-state index in [1.54, 1.807) is 0 Å². The molecule has 120 valence electrons. The van der Waals surface area contributed by atoms with E-state index >= 15 is 0 Å². The fraction of sp³-hybridized carbons (Fsp3) is 0.467. The van der Waals surface area contributed by atoms with E-state index < -0.39 is 11.6 Å². The molecule has 7 heteroatoms. The average Bonchev–Trinajstić information content (AvgIpc) is 2.94. The highest BCUT2D eigenvalue weighted by molar-refractivity contribution is 8.13. The largest absolute Gasteiger partial charge is 0.363 e. The van der Waals surface area contributed by atoms with Crippen molar-refractivity contribution in [1.82, 2.24) is 10.2 Å². The number of hydrogen-bond acceptors (Lipinski definition) is 5. The minimum Gasteiger partial charge on any atom is -0.363 e. The Balaban J connectivity index is 1.98. The molecule has 4 N–H and O–H groups in total. The zero-order valence-corrected chi connectivity index (χ0v) is 13.1. The van der Waals surface area contributed by atoms with Crippen LogP contribution in [0.15, 0.2) is 30.3 Å². The molecule has 1 fully saturated rings. The first-order chi connectivity index (χ1) is 10.6. The maximum atomic E-state index is 12.3. The first-order valence-corrected chi connectivity index (χ1v) is 8.25. The van der Waals surface area contributed by atoms with Gasteiger partial charge < -0.3 is 16.2 Å². The third kappa shape index (κ3) is 3.79. The molecule has 0 saturated carbocycles. The van der Waals surface area contributed by atoms with Gasteiger partial charge in [0.25, 0.3) is 11.1 Å². The summed E-state index contributed by atoms with van der Waals surface area (Å²) in [6.07, 6.45) is 0.854. The molecule has 1 heterocycles. The van der Waals surface area contributed by atoms with Crippen molar-refractivity contribution in [2.24, 2.45) is 5.73 Å². The molecule has 22 heavy (non-hydrogen) atoms. The Kier molecular flexibility index (Phi) is 5.82. The summed E-state index contributed by atoms with van der Waals surface area (Å²) in [4.78, 5) is 25.7. The van der Waals surface area contributed by atoms with Gasteiger partial charge >= 0.3 is 0 Å². The Labute approximate surface area is 134 Å². The molecule has 2 amide bonds. The topological polar surface area (TPSA) is 95.7 Å². The maximum absolute atomic E-state index is 12.3. The number of hydrogen-bond donors (Lipinski definition) is 3. The monoisotopic (exact) mass is 323 g/mol. The summed E-state index contributed by atoms with van der Waals surface area (Å²) in [5, 5.41) is 13.0. The van der Waals surface area contributed by atoms with E-state index in [1.165, 1.54) is 4.90 Å². The van der Waals surface area contributed by atoms with E-state index in [4.69, 9.17) is 5.73 Å². The van der Waals surface area contributed by atoms with Crippen LogP contribution in [0.1, 0.15) is 18.4 Å². The van der Waals surface area contributed by atoms with Crippen LogP contribution in [0.2, 0.25) is 0 Å². The molecule has 0 aliphatic carbocycles. The van der Waals surface area contributed by atoms with Crippen LogP contribution < -0.4 is 11.1 Å². The number of benzene rings is 1. The predicted octanol–water partition coefficient (Wildman–Crippen LogP) is 0.899. The predicted molar refractivity (Wildman–Crippen MR) is 86.1 cm³/mol. The van der Waals surface area contributed by atoms with Gasteiger partial charge in [0.1, 0.15) is 0 Å². The normalized spacial score (nSPS) is 20.9. The number of likely N-dealkylation sites (tertiary alicyclic amines) is 1. The Morgan fingerprint density at radius 1 is 1.36 bits per heavy atom. The first-order valence-electron chi connectivity index (χ1n) is 7.27. The van der Waals surface area contributed by atoms with Gasteiger partial charge in [-0.05, 0) is 12.0 Å². The van der Waals surface area contributed by atoms with E-state index in [1.807, 2.05) is 30.3 Å². The second-order valence-electron chi connectivity index (χ2n) is 5.14. The summed E-state index contributed by atoms with van der Waals surface area (Å²) in [5.41, 5.74) is 4.56. The second-order valence-corrected chi connectivity index (χ2v) is 6.19. The lowest BCUT2D eigenvalue weighted by atomic mass is 10.1. The first kappa shape index (κ1) is 16.8. The van der Waals surface area contributed by atoms with Crippen LogP contribution in [0, 0.1) is 0 Å². The van der Waals surface area contributed by atoms with Crippen molar-refractivity contribution in [2.45, 2.75) is 25.1 Å². The summed E-state index contributed by atoms with van der Waals surface area (Å²) in [6.45, 7) is 1.08. The van der Waals surface area contributed by atoms with Crippen LogP contribution in [-0.4, -0.2) is 45.7 Å². The van der Waals surface area contributed by atoms with Gasteiger partial charge in [-0.15, -0.1) is 0 Å². The van der Waals surface area contributed by atoms with E-state index in [2.05, 4.69) is 5.32 Å². The molecule has 0 spiro atoms. The quantitative estimate of drug-likeness (QED) is 0.748. The highest BCUT2D eigenvalue weighted by Gasteiger charge is 2.48. The van der Waals surface area contributed by atoms with Gasteiger partial charge in [-0.3, -0.25) is 14.5 Å². The van der Waals surface area contributed by atoms with Gasteiger partial charge in [0, 0.05) is 31.8 Å². The fourth-order valence-corrected chi connectivity index (χ4v) is 3.12. The van der Waals surface area contributed by atoms with Crippen molar-refractivity contribution in [3.8, 4) is 0 Å². The lowest BCUT2D eigenvalue weighted by Gasteiger charge is -2.31. The Morgan fingerprint density at radius 2 is 2.09 bits per heavy atom. The number of thioether (sulfide) groups is 1. The van der Waals surface area contributed by atoms with Gasteiger partial charge in [-0.1, -0.05) is 42.1 Å². The highest BCUT2D eigenvalue weighted by atomic mass is 32.2. The van der Waals surface area contributed by atoms with Crippen LogP contribution in [0.4, 0.5) is 4.79 Å². The molecule has 1 aliphatic heterocycles. The van der Waals surface area contributed by atoms with E-state index in [0.717, 1.165) is 17.3 Å². The number of amides is 2. The third-order valence-corrected chi connectivity index (χ3v) is 4.48. The van der Waals surface area contributed by atoms with Gasteiger partial charge in [-0.2, -0.15) is 0 Å². The summed E-state index contributed by atoms with van der Waals surface area (Å²) in [7, 11) is 0. The van der Waals surface area contributed by atoms with Crippen molar-refractivity contribution >= 4 is 22.9 Å². The Morgan fingerprint density at radius 3 is 2.77 bits per heavy atom. The van der Waals surface area contributed by atoms with Gasteiger partial charge in [-0.25, -0.2) is 0 Å². The van der Waals surface area contributed by atoms with Crippen LogP contribution >= 0.6 is 11.8 Å². The molecule has 1 aliphatic rings. The lowest BCUT2D eigenvalue weighted by Crippen LogP contribution is -2.56. The molecule has 6 nitrogen and oxygen atoms in total. The van der Waals surface area contributed by atoms with Crippen molar-refractivity contribution in [2.75, 3.05) is 18.8 Å². The number of nitrogens with two attached hydrogens (primary N) is 1. The lowest BCUT2D eigenvalue weighted by molar-refractivity contribution is -0.151. The van der Waals surface area contributed by atoms with E-state index in [9.17, 15) is 14.7 Å². The van der Waals surface area contributed by atoms with Gasteiger partial charge in [0.2, 0.25) is 5.72 Å². The SMILES string of the molecule is NCCSC(=O)N1CCCC1(O)C(=O)NCc1ccccc1. The number of nitrogens with zero attached hydrogens (tertiary/aromatic N) is 1. The summed E-state index contributed by atoms with van der Waals surface area (Å²) < 4.78 is 0. The number of carbonyl (C=O) groups excluding carboxylic acids is 2. The van der Waals surface area contributed by atoms with E-state index in [-0.39, 0.29) is 11.7 Å². The van der Waals surface area contributed by atoms with Crippen LogP contribution in [0.3, 0.4) is 0 Å². The number of aliphatic hydroxyl groups is 1. The number of nitrogens with one attached hydrogen (secondary N) is 1. The average molecular weight is 323 g/mol. The molecule has 1 atom stereocenters. The third-order valence-electron chi connectivity index (χ3n) is 3.58. The van der Waals surface area contributed by atoms with Gasteiger partial charge in [0.15, 0.2) is 0 Å². The van der Waals surface area contributed by atoms with Crippen molar-refractivity contribution in [3.05, 3.63) is 35.9 Å². The number of rotatable bonds is 5. The minimum atomic E-state index is -1.76. The summed E-state index contributed by atoms with van der Waals surface area (Å²) in [6, 6.07) is 9.43. The molecule has 1 aromatic carbocycles. The zero-order chi connectivity index (χ0) is 16.0. The Hall–Kier alpha value is -1.57. The zero-order valence-electron chi connectivity index (χ0n) is 12.3. The van der Waals surface area contributed by atoms with Crippen LogP contribution in [0.25, 0.3) is 0 Å². The molecular weight excluding hydrogens is 302 g/mol. The fourth-order valence-electron chi connectivity index (χ4n) is 2.43. The number of carbonyl (C=O) groups is 2. The summed E-state index contributed by atoms with van der Waals surface area (Å²) in [5.74, 6) is -0.0626. The molecule has 1 aromatic rings. The van der Waals surface area contributed by atoms with Crippen molar-refractivity contribution < 1.29 is 14.7 Å². The molecule has 2 rings (SSSR count). The second kappa shape index (κ2) is 7.62. The molecule has 0 bridgehead atoms. The molecule has 0 aromatic heterocycles. The molecular formula is C15H21N3O3S. The van der Waals surface area contributed by atoms with Crippen molar-refractivity contribution in [3.63, 3.8) is 0 Å². The maximum Gasteiger partial charge on any atom is 0.284 e. The molecule has 1 saturated heterocycles. The van der Waals surface area contributed by atoms with Gasteiger partial charge in [0.05, 0.1) is 0 Å². The van der Waals surface area contributed by atoms with Crippen LogP contribution in [-0.2, 0) is 11.3 Å². The van der Waals surface area contributed by atoms with E-state index in [0.29, 0.717) is 31.8 Å². The highest BCUT2D eigenvalue weighted by Crippen LogP contribution is 2.30. The minimum absolute atomic E-state index is 0.253.